The summed E-state index contributed by atoms with van der Waals surface area (Å²) in [6.07, 6.45) is 3.89. The fourth-order valence-corrected chi connectivity index (χ4v) is 1.67. The van der Waals surface area contributed by atoms with Gasteiger partial charge in [-0.25, -0.2) is 4.79 Å². The highest BCUT2D eigenvalue weighted by atomic mass is 16.6. The highest BCUT2D eigenvalue weighted by Gasteiger charge is 2.26. The van der Waals surface area contributed by atoms with Crippen LogP contribution in [0.2, 0.25) is 0 Å². The standard InChI is InChI=1S/C13H9N3O5/c17-11-9(12(18)15-13(19)14-11)6-3-5-8-4-1-2-7-10(8)16(20)21/h1-7H,(H2,14,15,17,18,19)/b5-3+. The molecule has 0 radical (unpaired) electrons. The topological polar surface area (TPSA) is 118 Å². The minimum atomic E-state index is -0.884. The first-order chi connectivity index (χ1) is 9.99. The molecule has 0 bridgehead atoms. The van der Waals surface area contributed by atoms with Crippen molar-refractivity contribution >= 4 is 29.6 Å². The normalized spacial score (nSPS) is 14.9. The van der Waals surface area contributed by atoms with Crippen LogP contribution in [-0.4, -0.2) is 22.8 Å². The van der Waals surface area contributed by atoms with Gasteiger partial charge >= 0.3 is 6.03 Å². The van der Waals surface area contributed by atoms with Crippen LogP contribution in [0, 0.1) is 10.1 Å². The Morgan fingerprint density at radius 1 is 1.05 bits per heavy atom. The average molecular weight is 287 g/mol. The molecule has 0 atom stereocenters. The predicted octanol–water partition coefficient (Wildman–Crippen LogP) is 0.900. The van der Waals surface area contributed by atoms with Gasteiger partial charge in [0.25, 0.3) is 17.5 Å². The number of imide groups is 2. The Morgan fingerprint density at radius 2 is 1.67 bits per heavy atom. The lowest BCUT2D eigenvalue weighted by Crippen LogP contribution is -2.51. The lowest BCUT2D eigenvalue weighted by molar-refractivity contribution is -0.385. The number of benzene rings is 1. The molecule has 8 nitrogen and oxygen atoms in total. The van der Waals surface area contributed by atoms with Crippen molar-refractivity contribution in [3.63, 3.8) is 0 Å². The van der Waals surface area contributed by atoms with Gasteiger partial charge in [0.15, 0.2) is 0 Å². The number of carbonyl (C=O) groups is 3. The van der Waals surface area contributed by atoms with E-state index in [-0.39, 0.29) is 11.3 Å². The van der Waals surface area contributed by atoms with Crippen molar-refractivity contribution in [2.24, 2.45) is 0 Å². The first kappa shape index (κ1) is 14.1. The van der Waals surface area contributed by atoms with Crippen LogP contribution >= 0.6 is 0 Å². The van der Waals surface area contributed by atoms with Crippen LogP contribution in [0.25, 0.3) is 6.08 Å². The van der Waals surface area contributed by atoms with Crippen molar-refractivity contribution in [1.82, 2.24) is 10.6 Å². The Morgan fingerprint density at radius 3 is 2.29 bits per heavy atom. The van der Waals surface area contributed by atoms with E-state index in [4.69, 9.17) is 0 Å². The van der Waals surface area contributed by atoms with Gasteiger partial charge in [-0.05, 0) is 18.2 Å². The van der Waals surface area contributed by atoms with E-state index < -0.39 is 22.8 Å². The number of allylic oxidation sites excluding steroid dienone is 2. The second-order valence-corrected chi connectivity index (χ2v) is 3.99. The van der Waals surface area contributed by atoms with Crippen molar-refractivity contribution in [2.45, 2.75) is 0 Å². The van der Waals surface area contributed by atoms with E-state index in [2.05, 4.69) is 0 Å². The molecule has 1 aromatic carbocycles. The van der Waals surface area contributed by atoms with Crippen molar-refractivity contribution in [2.75, 3.05) is 0 Å². The summed E-state index contributed by atoms with van der Waals surface area (Å²) in [5.74, 6) is -1.65. The Hall–Kier alpha value is -3.29. The summed E-state index contributed by atoms with van der Waals surface area (Å²) < 4.78 is 0. The molecule has 2 rings (SSSR count). The summed E-state index contributed by atoms with van der Waals surface area (Å²) >= 11 is 0. The second kappa shape index (κ2) is 5.78. The fraction of sp³-hybridized carbons (Fsp3) is 0. The SMILES string of the molecule is O=C1NC(=O)C(=C/C=C/c2ccccc2[N+](=O)[O-])C(=O)N1. The molecule has 0 saturated carbocycles. The van der Waals surface area contributed by atoms with Crippen molar-refractivity contribution in [3.8, 4) is 0 Å². The van der Waals surface area contributed by atoms with Crippen LogP contribution in [0.1, 0.15) is 5.56 Å². The molecule has 1 aliphatic rings. The van der Waals surface area contributed by atoms with Gasteiger partial charge in [-0.3, -0.25) is 30.3 Å². The molecule has 2 N–H and O–H groups in total. The summed E-state index contributed by atoms with van der Waals surface area (Å²) in [7, 11) is 0. The third kappa shape index (κ3) is 3.18. The maximum atomic E-state index is 11.4. The Balaban J connectivity index is 2.24. The molecule has 106 valence electrons. The highest BCUT2D eigenvalue weighted by molar-refractivity contribution is 6.29. The Bertz CT molecular complexity index is 684. The van der Waals surface area contributed by atoms with Gasteiger partial charge < -0.3 is 0 Å². The fourth-order valence-electron chi connectivity index (χ4n) is 1.67. The van der Waals surface area contributed by atoms with E-state index in [9.17, 15) is 24.5 Å². The number of nitrogens with zero attached hydrogens (tertiary/aromatic N) is 1. The summed E-state index contributed by atoms with van der Waals surface area (Å²) in [6.45, 7) is 0. The molecule has 4 amide bonds. The zero-order chi connectivity index (χ0) is 15.4. The largest absolute Gasteiger partial charge is 0.328 e. The first-order valence-corrected chi connectivity index (χ1v) is 5.77. The van der Waals surface area contributed by atoms with E-state index in [0.29, 0.717) is 5.56 Å². The highest BCUT2D eigenvalue weighted by Crippen LogP contribution is 2.19. The molecule has 0 aromatic heterocycles. The van der Waals surface area contributed by atoms with E-state index in [1.165, 1.54) is 36.4 Å². The van der Waals surface area contributed by atoms with Crippen LogP contribution in [-0.2, 0) is 9.59 Å². The maximum absolute atomic E-state index is 11.4. The molecule has 1 heterocycles. The number of nitrogens with one attached hydrogen (secondary N) is 2. The second-order valence-electron chi connectivity index (χ2n) is 3.99. The summed E-state index contributed by atoms with van der Waals surface area (Å²) in [4.78, 5) is 44.0. The number of urea groups is 1. The molecule has 8 heteroatoms. The van der Waals surface area contributed by atoms with Gasteiger partial charge in [-0.15, -0.1) is 0 Å². The number of barbiturate groups is 1. The van der Waals surface area contributed by atoms with Crippen LogP contribution < -0.4 is 10.6 Å². The van der Waals surface area contributed by atoms with Gasteiger partial charge in [0.2, 0.25) is 0 Å². The molecule has 1 saturated heterocycles. The minimum Gasteiger partial charge on any atom is -0.273 e. The molecular weight excluding hydrogens is 278 g/mol. The third-order valence-electron chi connectivity index (χ3n) is 2.62. The lowest BCUT2D eigenvalue weighted by Gasteiger charge is -2.12. The maximum Gasteiger partial charge on any atom is 0.328 e. The van der Waals surface area contributed by atoms with Gasteiger partial charge in [0, 0.05) is 6.07 Å². The molecule has 0 unspecified atom stereocenters. The summed E-state index contributed by atoms with van der Waals surface area (Å²) in [6, 6.07) is 5.13. The summed E-state index contributed by atoms with van der Waals surface area (Å²) in [5, 5.41) is 14.7. The Labute approximate surface area is 118 Å². The van der Waals surface area contributed by atoms with Crippen molar-refractivity contribution < 1.29 is 19.3 Å². The average Bonchev–Trinajstić information content (AvgIpc) is 2.42. The van der Waals surface area contributed by atoms with Gasteiger partial charge in [0.05, 0.1) is 10.5 Å². The Kier molecular flexibility index (Phi) is 3.89. The smallest absolute Gasteiger partial charge is 0.273 e. The van der Waals surface area contributed by atoms with Crippen LogP contribution in [0.5, 0.6) is 0 Å². The molecule has 21 heavy (non-hydrogen) atoms. The number of carbonyl (C=O) groups excluding carboxylic acids is 3. The number of para-hydroxylation sites is 1. The van der Waals surface area contributed by atoms with Crippen LogP contribution in [0.3, 0.4) is 0 Å². The first-order valence-electron chi connectivity index (χ1n) is 5.77. The van der Waals surface area contributed by atoms with E-state index >= 15 is 0 Å². The predicted molar refractivity (Wildman–Crippen MR) is 71.9 cm³/mol. The van der Waals surface area contributed by atoms with E-state index in [1.807, 2.05) is 10.6 Å². The van der Waals surface area contributed by atoms with E-state index in [0.717, 1.165) is 0 Å². The van der Waals surface area contributed by atoms with Crippen LogP contribution in [0.15, 0.2) is 42.0 Å². The molecule has 1 fully saturated rings. The number of amides is 4. The third-order valence-corrected chi connectivity index (χ3v) is 2.62. The summed E-state index contributed by atoms with van der Waals surface area (Å²) in [5.41, 5.74) is -0.0311. The monoisotopic (exact) mass is 287 g/mol. The quantitative estimate of drug-likeness (QED) is 0.370. The molecular formula is C13H9N3O5. The van der Waals surface area contributed by atoms with E-state index in [1.54, 1.807) is 6.07 Å². The zero-order valence-corrected chi connectivity index (χ0v) is 10.5. The zero-order valence-electron chi connectivity index (χ0n) is 10.5. The lowest BCUT2D eigenvalue weighted by atomic mass is 10.1. The minimum absolute atomic E-state index is 0.0973. The van der Waals surface area contributed by atoms with Gasteiger partial charge in [0.1, 0.15) is 5.57 Å². The number of hydrogen-bond donors (Lipinski definition) is 2. The molecule has 0 spiro atoms. The molecule has 1 aromatic rings. The molecule has 0 aliphatic carbocycles. The van der Waals surface area contributed by atoms with Gasteiger partial charge in [-0.1, -0.05) is 18.2 Å². The van der Waals surface area contributed by atoms with Crippen molar-refractivity contribution in [1.29, 1.82) is 0 Å². The van der Waals surface area contributed by atoms with Gasteiger partial charge in [-0.2, -0.15) is 0 Å². The number of rotatable bonds is 3. The molecule has 1 aliphatic heterocycles. The number of nitro groups is 1. The number of hydrogen-bond acceptors (Lipinski definition) is 5. The van der Waals surface area contributed by atoms with Crippen molar-refractivity contribution in [3.05, 3.63) is 57.7 Å². The number of nitro benzene ring substituents is 1. The van der Waals surface area contributed by atoms with Crippen LogP contribution in [0.4, 0.5) is 10.5 Å².